The summed E-state index contributed by atoms with van der Waals surface area (Å²) in [5, 5.41) is 10.5. The van der Waals surface area contributed by atoms with Crippen LogP contribution in [0.2, 0.25) is 0 Å². The van der Waals surface area contributed by atoms with E-state index in [1.165, 1.54) is 23.4 Å². The van der Waals surface area contributed by atoms with Gasteiger partial charge in [0, 0.05) is 32.7 Å². The van der Waals surface area contributed by atoms with Crippen LogP contribution in [0.1, 0.15) is 63.4 Å². The number of carbonyl (C=O) groups is 2. The van der Waals surface area contributed by atoms with Gasteiger partial charge in [-0.3, -0.25) is 19.5 Å². The Kier molecular flexibility index (Phi) is 9.13. The molecular formula is C30H35F2N7O3. The zero-order valence-electron chi connectivity index (χ0n) is 24.5. The number of piperazine rings is 1. The summed E-state index contributed by atoms with van der Waals surface area (Å²) < 4.78 is 30.9. The topological polar surface area (TPSA) is 115 Å². The molecule has 3 aromatic rings. The molecule has 1 aliphatic heterocycles. The summed E-state index contributed by atoms with van der Waals surface area (Å²) in [4.78, 5) is 47.2. The third-order valence-electron chi connectivity index (χ3n) is 7.26. The maximum absolute atomic E-state index is 15.9. The summed E-state index contributed by atoms with van der Waals surface area (Å²) in [5.74, 6) is -2.26. The van der Waals surface area contributed by atoms with E-state index in [1.807, 2.05) is 39.5 Å². The highest BCUT2D eigenvalue weighted by Crippen LogP contribution is 2.40. The average Bonchev–Trinajstić information content (AvgIpc) is 2.95. The number of phenols is 1. The number of carbonyl (C=O) groups excluding carboxylic acids is 2. The Hall–Kier alpha value is -4.48. The first-order valence-electron chi connectivity index (χ1n) is 13.7. The minimum Gasteiger partial charge on any atom is -0.507 e. The lowest BCUT2D eigenvalue weighted by Gasteiger charge is -2.40. The van der Waals surface area contributed by atoms with E-state index in [0.29, 0.717) is 49.0 Å². The van der Waals surface area contributed by atoms with Crippen LogP contribution in [0.4, 0.5) is 20.3 Å². The van der Waals surface area contributed by atoms with Gasteiger partial charge in [0.15, 0.2) is 11.6 Å². The zero-order chi connectivity index (χ0) is 30.7. The SMILES string of the molecule is CN=C(c1cc(F)c(-c2c(O)cccc2F)nc1N(C=O)c1c(C(C)C)ncnc1C(C)C)N1CCN(C=O)CC1C. The highest BCUT2D eigenvalue weighted by atomic mass is 19.1. The van der Waals surface area contributed by atoms with Crippen molar-refractivity contribution < 1.29 is 23.5 Å². The largest absolute Gasteiger partial charge is 0.507 e. The minimum absolute atomic E-state index is 0.0340. The van der Waals surface area contributed by atoms with Gasteiger partial charge in [0.2, 0.25) is 12.8 Å². The molecule has 10 nitrogen and oxygen atoms in total. The Balaban J connectivity index is 2.05. The summed E-state index contributed by atoms with van der Waals surface area (Å²) >= 11 is 0. The van der Waals surface area contributed by atoms with E-state index in [4.69, 9.17) is 0 Å². The van der Waals surface area contributed by atoms with Gasteiger partial charge in [-0.15, -0.1) is 0 Å². The van der Waals surface area contributed by atoms with Gasteiger partial charge < -0.3 is 14.9 Å². The molecule has 1 aromatic carbocycles. The summed E-state index contributed by atoms with van der Waals surface area (Å²) in [6.45, 7) is 10.8. The molecule has 0 spiro atoms. The fourth-order valence-electron chi connectivity index (χ4n) is 5.26. The van der Waals surface area contributed by atoms with Gasteiger partial charge in [-0.2, -0.15) is 0 Å². The van der Waals surface area contributed by atoms with Gasteiger partial charge in [-0.05, 0) is 37.0 Å². The molecule has 1 fully saturated rings. The van der Waals surface area contributed by atoms with Crippen LogP contribution in [-0.4, -0.2) is 81.2 Å². The van der Waals surface area contributed by atoms with Crippen LogP contribution in [0.3, 0.4) is 0 Å². The molecule has 1 N–H and O–H groups in total. The van der Waals surface area contributed by atoms with Crippen molar-refractivity contribution >= 4 is 30.2 Å². The van der Waals surface area contributed by atoms with Crippen molar-refractivity contribution in [3.05, 3.63) is 59.2 Å². The molecule has 1 saturated heterocycles. The van der Waals surface area contributed by atoms with Crippen molar-refractivity contribution in [1.82, 2.24) is 24.8 Å². The average molecular weight is 580 g/mol. The van der Waals surface area contributed by atoms with Gasteiger partial charge in [0.25, 0.3) is 0 Å². The Morgan fingerprint density at radius 2 is 1.76 bits per heavy atom. The Morgan fingerprint density at radius 3 is 2.29 bits per heavy atom. The van der Waals surface area contributed by atoms with E-state index in [1.54, 1.807) is 11.9 Å². The molecule has 2 amide bonds. The molecule has 1 atom stereocenters. The highest BCUT2D eigenvalue weighted by Gasteiger charge is 2.33. The standard InChI is InChI=1S/C30H35F2N7O3/c1-17(2)25-28(26(18(3)4)35-14-34-25)39(16-41)30-20(29(33-6)38-11-10-37(15-40)13-19(38)5)12-22(32)27(36-30)24-21(31)8-7-9-23(24)42/h7-9,12,14-19,42H,10-11,13H2,1-6H3. The summed E-state index contributed by atoms with van der Waals surface area (Å²) in [6, 6.07) is 4.57. The van der Waals surface area contributed by atoms with Crippen LogP contribution < -0.4 is 4.90 Å². The lowest BCUT2D eigenvalue weighted by molar-refractivity contribution is -0.120. The first-order chi connectivity index (χ1) is 20.0. The summed E-state index contributed by atoms with van der Waals surface area (Å²) in [7, 11) is 1.54. The quantitative estimate of drug-likeness (QED) is 0.236. The number of amidine groups is 1. The maximum Gasteiger partial charge on any atom is 0.220 e. The number of amides is 2. The lowest BCUT2D eigenvalue weighted by Crippen LogP contribution is -2.54. The fourth-order valence-corrected chi connectivity index (χ4v) is 5.26. The second kappa shape index (κ2) is 12.6. The van der Waals surface area contributed by atoms with Crippen LogP contribution in [0.5, 0.6) is 5.75 Å². The molecule has 0 bridgehead atoms. The van der Waals surface area contributed by atoms with Gasteiger partial charge in [0.1, 0.15) is 29.4 Å². The van der Waals surface area contributed by atoms with E-state index in [2.05, 4.69) is 19.9 Å². The second-order valence-corrected chi connectivity index (χ2v) is 10.8. The predicted octanol–water partition coefficient (Wildman–Crippen LogP) is 4.60. The van der Waals surface area contributed by atoms with Crippen LogP contribution in [0, 0.1) is 11.6 Å². The van der Waals surface area contributed by atoms with Crippen LogP contribution in [0.15, 0.2) is 35.6 Å². The smallest absolute Gasteiger partial charge is 0.220 e. The number of hydrogen-bond donors (Lipinski definition) is 1. The molecule has 4 rings (SSSR count). The molecule has 1 aliphatic rings. The summed E-state index contributed by atoms with van der Waals surface area (Å²) in [6.07, 6.45) is 2.77. The summed E-state index contributed by atoms with van der Waals surface area (Å²) in [5.41, 5.74) is 0.776. The fraction of sp³-hybridized carbons (Fsp3) is 0.400. The Bertz CT molecular complexity index is 1470. The van der Waals surface area contributed by atoms with Gasteiger partial charge in [-0.25, -0.2) is 23.7 Å². The van der Waals surface area contributed by atoms with Crippen molar-refractivity contribution in [1.29, 1.82) is 0 Å². The van der Waals surface area contributed by atoms with Crippen LogP contribution >= 0.6 is 0 Å². The number of aliphatic imine (C=N–C) groups is 1. The number of hydrogen-bond acceptors (Lipinski definition) is 7. The molecule has 0 saturated carbocycles. The minimum atomic E-state index is -0.919. The number of pyridine rings is 1. The zero-order valence-corrected chi connectivity index (χ0v) is 24.5. The number of nitrogens with zero attached hydrogens (tertiary/aromatic N) is 7. The molecule has 2 aromatic heterocycles. The van der Waals surface area contributed by atoms with Crippen molar-refractivity contribution in [2.75, 3.05) is 31.6 Å². The van der Waals surface area contributed by atoms with Crippen molar-refractivity contribution in [3.8, 4) is 17.0 Å². The number of halogens is 2. The molecule has 0 radical (unpaired) electrons. The first-order valence-corrected chi connectivity index (χ1v) is 13.7. The van der Waals surface area contributed by atoms with Crippen LogP contribution in [0.25, 0.3) is 11.3 Å². The van der Waals surface area contributed by atoms with E-state index in [-0.39, 0.29) is 29.3 Å². The second-order valence-electron chi connectivity index (χ2n) is 10.8. The van der Waals surface area contributed by atoms with E-state index < -0.39 is 28.6 Å². The Labute approximate surface area is 243 Å². The number of phenolic OH excluding ortho intramolecular Hbond substituents is 1. The number of aromatic hydroxyl groups is 1. The van der Waals surface area contributed by atoms with E-state index in [0.717, 1.165) is 18.5 Å². The van der Waals surface area contributed by atoms with E-state index >= 15 is 4.39 Å². The third-order valence-corrected chi connectivity index (χ3v) is 7.26. The van der Waals surface area contributed by atoms with Gasteiger partial charge >= 0.3 is 0 Å². The normalized spacial score (nSPS) is 15.9. The van der Waals surface area contributed by atoms with Crippen molar-refractivity contribution in [2.24, 2.45) is 4.99 Å². The molecule has 3 heterocycles. The van der Waals surface area contributed by atoms with Crippen LogP contribution in [-0.2, 0) is 9.59 Å². The monoisotopic (exact) mass is 579 g/mol. The maximum atomic E-state index is 15.9. The number of benzene rings is 1. The molecule has 1 unspecified atom stereocenters. The number of anilines is 2. The Morgan fingerprint density at radius 1 is 1.10 bits per heavy atom. The van der Waals surface area contributed by atoms with E-state index in [9.17, 15) is 19.1 Å². The molecular weight excluding hydrogens is 544 g/mol. The van der Waals surface area contributed by atoms with Gasteiger partial charge in [0.05, 0.1) is 28.2 Å². The molecule has 222 valence electrons. The van der Waals surface area contributed by atoms with Gasteiger partial charge in [-0.1, -0.05) is 33.8 Å². The third kappa shape index (κ3) is 5.65. The number of rotatable bonds is 8. The lowest BCUT2D eigenvalue weighted by atomic mass is 10.00. The molecule has 0 aliphatic carbocycles. The van der Waals surface area contributed by atoms with Crippen molar-refractivity contribution in [3.63, 3.8) is 0 Å². The predicted molar refractivity (Wildman–Crippen MR) is 156 cm³/mol. The highest BCUT2D eigenvalue weighted by molar-refractivity contribution is 6.06. The molecule has 42 heavy (non-hydrogen) atoms. The molecule has 12 heteroatoms. The van der Waals surface area contributed by atoms with Crippen molar-refractivity contribution in [2.45, 2.75) is 52.5 Å². The number of aromatic nitrogens is 3. The first kappa shape index (κ1) is 30.5.